The van der Waals surface area contributed by atoms with E-state index in [2.05, 4.69) is 20.6 Å². The van der Waals surface area contributed by atoms with Crippen LogP contribution in [0.2, 0.25) is 0 Å². The van der Waals surface area contributed by atoms with Crippen LogP contribution in [0.3, 0.4) is 0 Å². The van der Waals surface area contributed by atoms with Crippen molar-refractivity contribution in [2.24, 2.45) is 0 Å². The Morgan fingerprint density at radius 2 is 1.33 bits per heavy atom. The van der Waals surface area contributed by atoms with Gasteiger partial charge in [-0.3, -0.25) is 0 Å². The van der Waals surface area contributed by atoms with E-state index in [-0.39, 0.29) is 17.6 Å². The molecule has 0 saturated heterocycles. The largest absolute Gasteiger partial charge is 0.481 e. The smallest absolute Gasteiger partial charge is 0.232 e. The average Bonchev–Trinajstić information content (AvgIpc) is 2.59. The van der Waals surface area contributed by atoms with E-state index in [0.29, 0.717) is 23.1 Å². The van der Waals surface area contributed by atoms with Gasteiger partial charge >= 0.3 is 0 Å². The normalized spacial score (nSPS) is 10.3. The van der Waals surface area contributed by atoms with Crippen molar-refractivity contribution < 1.29 is 13.5 Å². The first-order chi connectivity index (χ1) is 11.6. The number of hydrogen-bond donors (Lipinski definition) is 2. The molecule has 2 aromatic carbocycles. The summed E-state index contributed by atoms with van der Waals surface area (Å²) in [5.41, 5.74) is 1.31. The van der Waals surface area contributed by atoms with E-state index < -0.39 is 0 Å². The van der Waals surface area contributed by atoms with Gasteiger partial charge in [-0.25, -0.2) is 8.78 Å². The van der Waals surface area contributed by atoms with Gasteiger partial charge in [0.1, 0.15) is 17.5 Å². The minimum absolute atomic E-state index is 0.283. The predicted octanol–water partition coefficient (Wildman–Crippen LogP) is 4.25. The molecule has 0 radical (unpaired) electrons. The average molecular weight is 328 g/mol. The molecule has 2 N–H and O–H groups in total. The number of halogens is 2. The van der Waals surface area contributed by atoms with Gasteiger partial charge in [-0.05, 0) is 48.5 Å². The minimum atomic E-state index is -0.328. The van der Waals surface area contributed by atoms with Gasteiger partial charge < -0.3 is 15.4 Å². The first-order valence-electron chi connectivity index (χ1n) is 7.10. The molecule has 0 aliphatic carbocycles. The summed E-state index contributed by atoms with van der Waals surface area (Å²) >= 11 is 0. The van der Waals surface area contributed by atoms with Crippen molar-refractivity contribution in [2.75, 3.05) is 17.7 Å². The molecule has 0 fully saturated rings. The van der Waals surface area contributed by atoms with E-state index >= 15 is 0 Å². The summed E-state index contributed by atoms with van der Waals surface area (Å²) in [5, 5.41) is 6.02. The number of nitrogens with zero attached hydrogens (tertiary/aromatic N) is 2. The lowest BCUT2D eigenvalue weighted by Crippen LogP contribution is -2.02. The molecule has 5 nitrogen and oxygen atoms in total. The van der Waals surface area contributed by atoms with E-state index in [9.17, 15) is 8.78 Å². The van der Waals surface area contributed by atoms with Crippen molar-refractivity contribution in [3.63, 3.8) is 0 Å². The Bertz CT molecular complexity index is 757. The Balaban J connectivity index is 1.84. The molecule has 1 heterocycles. The van der Waals surface area contributed by atoms with Crippen LogP contribution in [0.5, 0.6) is 5.88 Å². The van der Waals surface area contributed by atoms with Crippen molar-refractivity contribution in [3.05, 3.63) is 66.2 Å². The number of rotatable bonds is 5. The number of aromatic nitrogens is 2. The molecule has 0 aliphatic rings. The lowest BCUT2D eigenvalue weighted by molar-refractivity contribution is 0.398. The van der Waals surface area contributed by atoms with Crippen LogP contribution in [0.15, 0.2) is 54.6 Å². The molecule has 0 spiro atoms. The van der Waals surface area contributed by atoms with E-state index in [1.54, 1.807) is 30.3 Å². The summed E-state index contributed by atoms with van der Waals surface area (Å²) in [7, 11) is 1.49. The van der Waals surface area contributed by atoms with Crippen LogP contribution in [0.25, 0.3) is 0 Å². The Morgan fingerprint density at radius 3 is 1.88 bits per heavy atom. The second-order valence-corrected chi connectivity index (χ2v) is 4.88. The maximum absolute atomic E-state index is 13.0. The van der Waals surface area contributed by atoms with Crippen LogP contribution in [-0.4, -0.2) is 17.1 Å². The second kappa shape index (κ2) is 6.91. The zero-order valence-electron chi connectivity index (χ0n) is 12.8. The topological polar surface area (TPSA) is 59.1 Å². The SMILES string of the molecule is COc1cc(Nc2ccc(F)cc2)nc(Nc2ccc(F)cc2)n1. The standard InChI is InChI=1S/C17H14F2N4O/c1-24-16-10-15(20-13-6-2-11(18)3-7-13)22-17(23-16)21-14-8-4-12(19)5-9-14/h2-10H,1H3,(H2,20,21,22,23). The van der Waals surface area contributed by atoms with E-state index in [4.69, 9.17) is 4.74 Å². The minimum Gasteiger partial charge on any atom is -0.481 e. The van der Waals surface area contributed by atoms with Crippen LogP contribution >= 0.6 is 0 Å². The van der Waals surface area contributed by atoms with Gasteiger partial charge in [0.2, 0.25) is 11.8 Å². The van der Waals surface area contributed by atoms with Crippen LogP contribution in [0, 0.1) is 11.6 Å². The van der Waals surface area contributed by atoms with Gasteiger partial charge in [-0.15, -0.1) is 0 Å². The van der Waals surface area contributed by atoms with Crippen LogP contribution < -0.4 is 15.4 Å². The Labute approximate surface area is 137 Å². The highest BCUT2D eigenvalue weighted by Gasteiger charge is 2.06. The summed E-state index contributed by atoms with van der Waals surface area (Å²) in [6.45, 7) is 0. The Kier molecular flexibility index (Phi) is 4.51. The number of methoxy groups -OCH3 is 1. The molecule has 3 aromatic rings. The third-order valence-corrected chi connectivity index (χ3v) is 3.13. The summed E-state index contributed by atoms with van der Waals surface area (Å²) in [5.74, 6) is 0.452. The van der Waals surface area contributed by atoms with Crippen molar-refractivity contribution >= 4 is 23.1 Å². The summed E-state index contributed by atoms with van der Waals surface area (Å²) < 4.78 is 31.1. The lowest BCUT2D eigenvalue weighted by Gasteiger charge is -2.10. The highest BCUT2D eigenvalue weighted by Crippen LogP contribution is 2.22. The molecular weight excluding hydrogens is 314 g/mol. The van der Waals surface area contributed by atoms with Crippen molar-refractivity contribution in [1.29, 1.82) is 0 Å². The van der Waals surface area contributed by atoms with Crippen molar-refractivity contribution in [1.82, 2.24) is 9.97 Å². The van der Waals surface area contributed by atoms with Crippen molar-refractivity contribution in [3.8, 4) is 5.88 Å². The van der Waals surface area contributed by atoms with Gasteiger partial charge in [-0.1, -0.05) is 0 Å². The fourth-order valence-corrected chi connectivity index (χ4v) is 1.99. The van der Waals surface area contributed by atoms with Crippen LogP contribution in [-0.2, 0) is 0 Å². The van der Waals surface area contributed by atoms with Crippen LogP contribution in [0.4, 0.5) is 31.9 Å². The number of anilines is 4. The number of nitrogens with one attached hydrogen (secondary N) is 2. The third-order valence-electron chi connectivity index (χ3n) is 3.13. The summed E-state index contributed by atoms with van der Waals surface area (Å²) in [4.78, 5) is 8.50. The zero-order valence-corrected chi connectivity index (χ0v) is 12.8. The summed E-state index contributed by atoms with van der Waals surface area (Å²) in [6.07, 6.45) is 0. The number of ether oxygens (including phenoxy) is 1. The molecule has 0 amide bonds. The maximum atomic E-state index is 13.0. The molecule has 3 rings (SSSR count). The zero-order chi connectivity index (χ0) is 16.9. The fraction of sp³-hybridized carbons (Fsp3) is 0.0588. The molecular formula is C17H14F2N4O. The molecule has 0 bridgehead atoms. The van der Waals surface area contributed by atoms with Gasteiger partial charge in [0.15, 0.2) is 0 Å². The number of hydrogen-bond acceptors (Lipinski definition) is 5. The number of benzene rings is 2. The monoisotopic (exact) mass is 328 g/mol. The lowest BCUT2D eigenvalue weighted by atomic mass is 10.3. The first kappa shape index (κ1) is 15.7. The van der Waals surface area contributed by atoms with E-state index in [1.165, 1.54) is 31.4 Å². The molecule has 0 saturated carbocycles. The predicted molar refractivity (Wildman–Crippen MR) is 87.9 cm³/mol. The third kappa shape index (κ3) is 3.95. The van der Waals surface area contributed by atoms with Gasteiger partial charge in [-0.2, -0.15) is 9.97 Å². The highest BCUT2D eigenvalue weighted by atomic mass is 19.1. The van der Waals surface area contributed by atoms with Gasteiger partial charge in [0.05, 0.1) is 7.11 Å². The maximum Gasteiger partial charge on any atom is 0.232 e. The molecule has 122 valence electrons. The van der Waals surface area contributed by atoms with E-state index in [0.717, 1.165) is 0 Å². The van der Waals surface area contributed by atoms with Gasteiger partial charge in [0.25, 0.3) is 0 Å². The molecule has 1 aromatic heterocycles. The molecule has 0 aliphatic heterocycles. The van der Waals surface area contributed by atoms with Gasteiger partial charge in [0, 0.05) is 17.4 Å². The summed E-state index contributed by atoms with van der Waals surface area (Å²) in [6, 6.07) is 13.3. The molecule has 0 atom stereocenters. The molecule has 24 heavy (non-hydrogen) atoms. The second-order valence-electron chi connectivity index (χ2n) is 4.88. The highest BCUT2D eigenvalue weighted by molar-refractivity contribution is 5.60. The molecule has 0 unspecified atom stereocenters. The Morgan fingerprint density at radius 1 is 0.792 bits per heavy atom. The Hall–Kier alpha value is -3.22. The van der Waals surface area contributed by atoms with Crippen LogP contribution in [0.1, 0.15) is 0 Å². The fourth-order valence-electron chi connectivity index (χ4n) is 1.99. The molecule has 7 heteroatoms. The van der Waals surface area contributed by atoms with Crippen molar-refractivity contribution in [2.45, 2.75) is 0 Å². The quantitative estimate of drug-likeness (QED) is 0.733. The van der Waals surface area contributed by atoms with E-state index in [1.807, 2.05) is 0 Å². The first-order valence-corrected chi connectivity index (χ1v) is 7.10.